The summed E-state index contributed by atoms with van der Waals surface area (Å²) in [6.07, 6.45) is 5.71. The van der Waals surface area contributed by atoms with E-state index in [1.54, 1.807) is 0 Å². The van der Waals surface area contributed by atoms with Crippen molar-refractivity contribution in [1.82, 2.24) is 0 Å². The van der Waals surface area contributed by atoms with E-state index in [9.17, 15) is 0 Å². The van der Waals surface area contributed by atoms with Crippen molar-refractivity contribution in [1.29, 1.82) is 0 Å². The lowest BCUT2D eigenvalue weighted by molar-refractivity contribution is 0.324. The highest BCUT2D eigenvalue weighted by molar-refractivity contribution is 5.28. The minimum absolute atomic E-state index is 0.874. The Kier molecular flexibility index (Phi) is 2.72. The standard InChI is InChI=1S/C14H24/c1-9-5-6-11(3)14-12(4)8-7-10(2)13(9)14/h9-12H,5-8H2,1-4H3. The molecule has 0 saturated carbocycles. The van der Waals surface area contributed by atoms with Crippen molar-refractivity contribution < 1.29 is 0 Å². The molecular weight excluding hydrogens is 168 g/mol. The Labute approximate surface area is 88.8 Å². The summed E-state index contributed by atoms with van der Waals surface area (Å²) in [4.78, 5) is 0. The third-order valence-corrected chi connectivity index (χ3v) is 4.52. The molecule has 0 aromatic heterocycles. The van der Waals surface area contributed by atoms with E-state index in [-0.39, 0.29) is 0 Å². The smallest absolute Gasteiger partial charge is 0.0226 e. The van der Waals surface area contributed by atoms with E-state index < -0.39 is 0 Å². The highest BCUT2D eigenvalue weighted by Gasteiger charge is 2.33. The molecule has 4 atom stereocenters. The van der Waals surface area contributed by atoms with Gasteiger partial charge >= 0.3 is 0 Å². The molecule has 80 valence electrons. The molecule has 14 heavy (non-hydrogen) atoms. The molecule has 2 rings (SSSR count). The maximum Gasteiger partial charge on any atom is -0.0226 e. The third kappa shape index (κ3) is 1.53. The molecule has 0 amide bonds. The molecule has 2 aliphatic rings. The summed E-state index contributed by atoms with van der Waals surface area (Å²) in [6, 6.07) is 0. The second-order valence-corrected chi connectivity index (χ2v) is 5.67. The first-order valence-electron chi connectivity index (χ1n) is 6.35. The van der Waals surface area contributed by atoms with E-state index in [1.165, 1.54) is 25.7 Å². The molecule has 0 bridgehead atoms. The van der Waals surface area contributed by atoms with Crippen LogP contribution in [-0.2, 0) is 0 Å². The van der Waals surface area contributed by atoms with Crippen molar-refractivity contribution in [3.63, 3.8) is 0 Å². The summed E-state index contributed by atoms with van der Waals surface area (Å²) in [5.74, 6) is 3.50. The van der Waals surface area contributed by atoms with E-state index in [1.807, 2.05) is 11.1 Å². The average molecular weight is 192 g/mol. The number of rotatable bonds is 0. The van der Waals surface area contributed by atoms with Gasteiger partial charge in [0.05, 0.1) is 0 Å². The largest absolute Gasteiger partial charge is 0.0648 e. The molecule has 0 nitrogen and oxygen atoms in total. The fourth-order valence-electron chi connectivity index (χ4n) is 3.73. The zero-order valence-electron chi connectivity index (χ0n) is 10.1. The molecule has 0 spiro atoms. The molecule has 0 radical (unpaired) electrons. The van der Waals surface area contributed by atoms with Crippen LogP contribution in [0.25, 0.3) is 0 Å². The number of hydrogen-bond donors (Lipinski definition) is 0. The molecule has 0 N–H and O–H groups in total. The van der Waals surface area contributed by atoms with E-state index in [2.05, 4.69) is 27.7 Å². The lowest BCUT2D eigenvalue weighted by Gasteiger charge is -2.41. The molecule has 2 aliphatic carbocycles. The SMILES string of the molecule is CC1CCC(C)C2=C1C(C)CCC2C. The van der Waals surface area contributed by atoms with Crippen LogP contribution in [0, 0.1) is 23.7 Å². The molecule has 4 unspecified atom stereocenters. The minimum Gasteiger partial charge on any atom is -0.0648 e. The molecule has 0 fully saturated rings. The van der Waals surface area contributed by atoms with E-state index >= 15 is 0 Å². The second kappa shape index (κ2) is 3.72. The van der Waals surface area contributed by atoms with Crippen molar-refractivity contribution in [2.75, 3.05) is 0 Å². The van der Waals surface area contributed by atoms with Gasteiger partial charge < -0.3 is 0 Å². The van der Waals surface area contributed by atoms with Crippen LogP contribution in [-0.4, -0.2) is 0 Å². The Hall–Kier alpha value is -0.260. The Morgan fingerprint density at radius 1 is 0.571 bits per heavy atom. The maximum atomic E-state index is 2.44. The molecule has 0 aromatic rings. The first-order valence-corrected chi connectivity index (χ1v) is 6.35. The summed E-state index contributed by atoms with van der Waals surface area (Å²) < 4.78 is 0. The van der Waals surface area contributed by atoms with Crippen LogP contribution in [0.5, 0.6) is 0 Å². The van der Waals surface area contributed by atoms with Gasteiger partial charge in [0, 0.05) is 0 Å². The topological polar surface area (TPSA) is 0 Å². The van der Waals surface area contributed by atoms with E-state index in [4.69, 9.17) is 0 Å². The van der Waals surface area contributed by atoms with Gasteiger partial charge in [-0.05, 0) is 49.4 Å². The van der Waals surface area contributed by atoms with Gasteiger partial charge in [0.25, 0.3) is 0 Å². The zero-order chi connectivity index (χ0) is 10.3. The summed E-state index contributed by atoms with van der Waals surface area (Å²) in [7, 11) is 0. The number of allylic oxidation sites excluding steroid dienone is 2. The average Bonchev–Trinajstić information content (AvgIpc) is 2.16. The van der Waals surface area contributed by atoms with Crippen LogP contribution >= 0.6 is 0 Å². The second-order valence-electron chi connectivity index (χ2n) is 5.67. The van der Waals surface area contributed by atoms with Crippen LogP contribution in [0.3, 0.4) is 0 Å². The minimum atomic E-state index is 0.874. The summed E-state index contributed by atoms with van der Waals surface area (Å²) >= 11 is 0. The van der Waals surface area contributed by atoms with Crippen LogP contribution in [0.2, 0.25) is 0 Å². The highest BCUT2D eigenvalue weighted by atomic mass is 14.4. The van der Waals surface area contributed by atoms with Crippen LogP contribution in [0.15, 0.2) is 11.1 Å². The molecule has 0 aromatic carbocycles. The van der Waals surface area contributed by atoms with Crippen LogP contribution in [0.4, 0.5) is 0 Å². The Bertz CT molecular complexity index is 199. The highest BCUT2D eigenvalue weighted by Crippen LogP contribution is 2.46. The summed E-state index contributed by atoms with van der Waals surface area (Å²) in [5.41, 5.74) is 3.70. The first kappa shape index (κ1) is 10.3. The zero-order valence-corrected chi connectivity index (χ0v) is 10.1. The van der Waals surface area contributed by atoms with Crippen molar-refractivity contribution in [3.8, 4) is 0 Å². The fraction of sp³-hybridized carbons (Fsp3) is 0.857. The van der Waals surface area contributed by atoms with Gasteiger partial charge in [-0.15, -0.1) is 0 Å². The van der Waals surface area contributed by atoms with Crippen molar-refractivity contribution >= 4 is 0 Å². The molecule has 0 heteroatoms. The Morgan fingerprint density at radius 3 is 1.00 bits per heavy atom. The molecule has 0 aliphatic heterocycles. The summed E-state index contributed by atoms with van der Waals surface area (Å²) in [5, 5.41) is 0. The maximum absolute atomic E-state index is 2.44. The van der Waals surface area contributed by atoms with E-state index in [0.29, 0.717) is 0 Å². The predicted molar refractivity (Wildman–Crippen MR) is 62.2 cm³/mol. The Morgan fingerprint density at radius 2 is 0.786 bits per heavy atom. The quantitative estimate of drug-likeness (QED) is 0.499. The van der Waals surface area contributed by atoms with E-state index in [0.717, 1.165) is 23.7 Å². The van der Waals surface area contributed by atoms with Gasteiger partial charge in [-0.25, -0.2) is 0 Å². The lowest BCUT2D eigenvalue weighted by atomic mass is 9.65. The van der Waals surface area contributed by atoms with Crippen LogP contribution < -0.4 is 0 Å². The van der Waals surface area contributed by atoms with Gasteiger partial charge in [-0.1, -0.05) is 38.8 Å². The monoisotopic (exact) mass is 192 g/mol. The molecule has 0 saturated heterocycles. The number of hydrogen-bond acceptors (Lipinski definition) is 0. The fourth-order valence-corrected chi connectivity index (χ4v) is 3.73. The Balaban J connectivity index is 2.40. The van der Waals surface area contributed by atoms with Crippen LogP contribution in [0.1, 0.15) is 53.4 Å². The normalized spacial score (nSPS) is 43.7. The van der Waals surface area contributed by atoms with Gasteiger partial charge in [0.2, 0.25) is 0 Å². The van der Waals surface area contributed by atoms with Gasteiger partial charge in [-0.3, -0.25) is 0 Å². The van der Waals surface area contributed by atoms with Gasteiger partial charge in [-0.2, -0.15) is 0 Å². The molecule has 0 heterocycles. The lowest BCUT2D eigenvalue weighted by Crippen LogP contribution is -2.28. The van der Waals surface area contributed by atoms with Crippen molar-refractivity contribution in [3.05, 3.63) is 11.1 Å². The first-order chi connectivity index (χ1) is 6.61. The summed E-state index contributed by atoms with van der Waals surface area (Å²) in [6.45, 7) is 9.76. The molecular formula is C14H24. The van der Waals surface area contributed by atoms with Gasteiger partial charge in [0.1, 0.15) is 0 Å². The van der Waals surface area contributed by atoms with Crippen molar-refractivity contribution in [2.24, 2.45) is 23.7 Å². The van der Waals surface area contributed by atoms with Gasteiger partial charge in [0.15, 0.2) is 0 Å². The van der Waals surface area contributed by atoms with Crippen molar-refractivity contribution in [2.45, 2.75) is 53.4 Å². The third-order valence-electron chi connectivity index (χ3n) is 4.52. The predicted octanol–water partition coefficient (Wildman–Crippen LogP) is 4.42.